The zero-order valence-corrected chi connectivity index (χ0v) is 23.1. The molecule has 40 heavy (non-hydrogen) atoms. The molecule has 1 aliphatic heterocycles. The van der Waals surface area contributed by atoms with Crippen molar-refractivity contribution in [2.45, 2.75) is 50.9 Å². The topological polar surface area (TPSA) is 89.0 Å². The molecule has 3 aromatic rings. The Morgan fingerprint density at radius 2 is 1.77 bits per heavy atom. The van der Waals surface area contributed by atoms with Crippen LogP contribution in [0.15, 0.2) is 67.0 Å². The summed E-state index contributed by atoms with van der Waals surface area (Å²) in [5.74, 6) is 1.89. The number of aryl methyl sites for hydroxylation is 1. The first-order valence-electron chi connectivity index (χ1n) is 14.3. The fourth-order valence-electron chi connectivity index (χ4n) is 5.71. The largest absolute Gasteiger partial charge is 0.497 e. The lowest BCUT2D eigenvalue weighted by molar-refractivity contribution is -0.137. The molecule has 7 heteroatoms. The van der Waals surface area contributed by atoms with Crippen LogP contribution in [0.2, 0.25) is 0 Å². The van der Waals surface area contributed by atoms with Crippen LogP contribution in [-0.2, 0) is 11.2 Å². The van der Waals surface area contributed by atoms with E-state index in [0.717, 1.165) is 72.6 Å². The van der Waals surface area contributed by atoms with Crippen molar-refractivity contribution < 1.29 is 24.2 Å². The lowest BCUT2D eigenvalue weighted by Gasteiger charge is -2.34. The molecule has 1 unspecified atom stereocenters. The molecule has 1 aromatic heterocycles. The van der Waals surface area contributed by atoms with Crippen molar-refractivity contribution in [3.05, 3.63) is 83.7 Å². The molecule has 1 saturated heterocycles. The quantitative estimate of drug-likeness (QED) is 0.258. The van der Waals surface area contributed by atoms with Gasteiger partial charge in [0.25, 0.3) is 0 Å². The Morgan fingerprint density at radius 1 is 1.00 bits per heavy atom. The van der Waals surface area contributed by atoms with Gasteiger partial charge in [-0.3, -0.25) is 14.6 Å². The van der Waals surface area contributed by atoms with Gasteiger partial charge in [0.05, 0.1) is 25.8 Å². The van der Waals surface area contributed by atoms with Gasteiger partial charge >= 0.3 is 5.97 Å². The highest BCUT2D eigenvalue weighted by atomic mass is 16.5. The summed E-state index contributed by atoms with van der Waals surface area (Å²) in [7, 11) is 1.65. The Kier molecular flexibility index (Phi) is 8.99. The van der Waals surface area contributed by atoms with Gasteiger partial charge in [0.2, 0.25) is 0 Å². The molecule has 1 atom stereocenters. The predicted molar refractivity (Wildman–Crippen MR) is 154 cm³/mol. The number of Topliss-reactive ketones (excluding diaryl/α,β-unsaturated/α-hetero) is 1. The number of carboxylic acids is 1. The van der Waals surface area contributed by atoms with Crippen LogP contribution in [0, 0.1) is 11.8 Å². The van der Waals surface area contributed by atoms with Crippen molar-refractivity contribution in [1.29, 1.82) is 0 Å². The standard InChI is InChI=1S/C33H38N2O5/c1-39-27-8-9-29(32(36)10-5-23-11-15-34-16-12-23)31(20-27)35-17-13-24(14-18-35)22-40-28-4-2-3-26(19-28)30(21-33(37)38)25-6-7-25/h2-4,8-9,11-12,15-16,19-20,24-25,30H,5-7,10,13-14,17-18,21-22H2,1H3,(H,37,38). The van der Waals surface area contributed by atoms with Crippen LogP contribution in [0.1, 0.15) is 65.9 Å². The molecular formula is C33H38N2O5. The molecule has 2 aromatic carbocycles. The molecule has 0 radical (unpaired) electrons. The molecule has 7 nitrogen and oxygen atoms in total. The normalized spacial score (nSPS) is 16.4. The van der Waals surface area contributed by atoms with E-state index in [9.17, 15) is 14.7 Å². The number of ether oxygens (including phenoxy) is 2. The third kappa shape index (κ3) is 7.20. The van der Waals surface area contributed by atoms with Crippen LogP contribution >= 0.6 is 0 Å². The van der Waals surface area contributed by atoms with Gasteiger partial charge in [0.1, 0.15) is 11.5 Å². The van der Waals surface area contributed by atoms with E-state index >= 15 is 0 Å². The second kappa shape index (κ2) is 13.0. The second-order valence-corrected chi connectivity index (χ2v) is 11.0. The summed E-state index contributed by atoms with van der Waals surface area (Å²) in [4.78, 5) is 31.0. The van der Waals surface area contributed by atoms with Crippen LogP contribution in [0.3, 0.4) is 0 Å². The van der Waals surface area contributed by atoms with E-state index in [1.165, 1.54) is 0 Å². The molecule has 0 bridgehead atoms. The zero-order chi connectivity index (χ0) is 27.9. The number of carboxylic acid groups (broad SMARTS) is 1. The predicted octanol–water partition coefficient (Wildman–Crippen LogP) is 6.17. The number of anilines is 1. The fourth-order valence-corrected chi connectivity index (χ4v) is 5.71. The highest BCUT2D eigenvalue weighted by Gasteiger charge is 2.34. The number of benzene rings is 2. The zero-order valence-electron chi connectivity index (χ0n) is 23.1. The SMILES string of the molecule is COc1ccc(C(=O)CCc2ccncc2)c(N2CCC(COc3cccc(C(CC(=O)O)C4CC4)c3)CC2)c1. The molecular weight excluding hydrogens is 504 g/mol. The highest BCUT2D eigenvalue weighted by Crippen LogP contribution is 2.45. The summed E-state index contributed by atoms with van der Waals surface area (Å²) in [5.41, 5.74) is 3.86. The Bertz CT molecular complexity index is 1300. The second-order valence-electron chi connectivity index (χ2n) is 11.0. The maximum atomic E-state index is 13.2. The minimum absolute atomic E-state index is 0.0637. The van der Waals surface area contributed by atoms with Gasteiger partial charge in [-0.25, -0.2) is 0 Å². The smallest absolute Gasteiger partial charge is 0.303 e. The molecule has 2 aliphatic rings. The fraction of sp³-hybridized carbons (Fsp3) is 0.424. The molecule has 2 fully saturated rings. The lowest BCUT2D eigenvalue weighted by Crippen LogP contribution is -2.36. The van der Waals surface area contributed by atoms with Crippen molar-refractivity contribution >= 4 is 17.4 Å². The molecule has 210 valence electrons. The summed E-state index contributed by atoms with van der Waals surface area (Å²) in [5, 5.41) is 9.36. The molecule has 1 aliphatic carbocycles. The van der Waals surface area contributed by atoms with Crippen LogP contribution in [0.5, 0.6) is 11.5 Å². The van der Waals surface area contributed by atoms with E-state index in [4.69, 9.17) is 9.47 Å². The summed E-state index contributed by atoms with van der Waals surface area (Å²) in [6, 6.07) is 17.6. The van der Waals surface area contributed by atoms with Crippen molar-refractivity contribution in [3.8, 4) is 11.5 Å². The third-order valence-corrected chi connectivity index (χ3v) is 8.21. The average Bonchev–Trinajstić information content (AvgIpc) is 3.84. The Balaban J connectivity index is 1.18. The number of hydrogen-bond acceptors (Lipinski definition) is 6. The van der Waals surface area contributed by atoms with Gasteiger partial charge in [0.15, 0.2) is 5.78 Å². The number of hydrogen-bond donors (Lipinski definition) is 1. The summed E-state index contributed by atoms with van der Waals surface area (Å²) < 4.78 is 11.7. The van der Waals surface area contributed by atoms with E-state index in [1.54, 1.807) is 19.5 Å². The van der Waals surface area contributed by atoms with Gasteiger partial charge in [-0.15, -0.1) is 0 Å². The number of carbonyl (C=O) groups excluding carboxylic acids is 1. The van der Waals surface area contributed by atoms with Crippen molar-refractivity contribution in [2.24, 2.45) is 11.8 Å². The van der Waals surface area contributed by atoms with Gasteiger partial charge < -0.3 is 19.5 Å². The molecule has 2 heterocycles. The number of nitrogens with zero attached hydrogens (tertiary/aromatic N) is 2. The maximum absolute atomic E-state index is 13.2. The maximum Gasteiger partial charge on any atom is 0.303 e. The Hall–Kier alpha value is -3.87. The monoisotopic (exact) mass is 542 g/mol. The average molecular weight is 543 g/mol. The van der Waals surface area contributed by atoms with Gasteiger partial charge in [0, 0.05) is 43.5 Å². The van der Waals surface area contributed by atoms with Crippen LogP contribution in [-0.4, -0.2) is 48.6 Å². The van der Waals surface area contributed by atoms with Crippen LogP contribution in [0.4, 0.5) is 5.69 Å². The van der Waals surface area contributed by atoms with Crippen LogP contribution in [0.25, 0.3) is 0 Å². The molecule has 0 amide bonds. The van der Waals surface area contributed by atoms with Gasteiger partial charge in [-0.1, -0.05) is 12.1 Å². The first kappa shape index (κ1) is 27.7. The number of aromatic nitrogens is 1. The van der Waals surface area contributed by atoms with E-state index in [1.807, 2.05) is 54.6 Å². The molecule has 1 N–H and O–H groups in total. The van der Waals surface area contributed by atoms with Gasteiger partial charge in [-0.05, 0) is 97.4 Å². The number of rotatable bonds is 13. The van der Waals surface area contributed by atoms with E-state index < -0.39 is 5.97 Å². The van der Waals surface area contributed by atoms with E-state index in [2.05, 4.69) is 9.88 Å². The number of aliphatic carboxylic acids is 1. The summed E-state index contributed by atoms with van der Waals surface area (Å²) in [6.45, 7) is 2.31. The molecule has 1 saturated carbocycles. The lowest BCUT2D eigenvalue weighted by atomic mass is 9.91. The molecule has 5 rings (SSSR count). The van der Waals surface area contributed by atoms with Crippen LogP contribution < -0.4 is 14.4 Å². The van der Waals surface area contributed by atoms with Gasteiger partial charge in [-0.2, -0.15) is 0 Å². The molecule has 0 spiro atoms. The minimum Gasteiger partial charge on any atom is -0.497 e. The van der Waals surface area contributed by atoms with Crippen molar-refractivity contribution in [2.75, 3.05) is 31.7 Å². The van der Waals surface area contributed by atoms with E-state index in [-0.39, 0.29) is 18.1 Å². The first-order chi connectivity index (χ1) is 19.5. The van der Waals surface area contributed by atoms with Crippen molar-refractivity contribution in [1.82, 2.24) is 4.98 Å². The number of methoxy groups -OCH3 is 1. The number of carbonyl (C=O) groups is 2. The first-order valence-corrected chi connectivity index (χ1v) is 14.3. The third-order valence-electron chi connectivity index (χ3n) is 8.21. The number of piperidine rings is 1. The Labute approximate surface area is 236 Å². The number of pyridine rings is 1. The van der Waals surface area contributed by atoms with E-state index in [0.29, 0.717) is 31.3 Å². The summed E-state index contributed by atoms with van der Waals surface area (Å²) >= 11 is 0. The Morgan fingerprint density at radius 3 is 2.48 bits per heavy atom. The van der Waals surface area contributed by atoms with Crippen molar-refractivity contribution in [3.63, 3.8) is 0 Å². The highest BCUT2D eigenvalue weighted by molar-refractivity contribution is 6.01. The number of ketones is 1. The minimum atomic E-state index is -0.746. The summed E-state index contributed by atoms with van der Waals surface area (Å²) in [6.07, 6.45) is 8.95.